The lowest BCUT2D eigenvalue weighted by atomic mass is 9.43. The van der Waals surface area contributed by atoms with Crippen LogP contribution < -0.4 is 0 Å². The first kappa shape index (κ1) is 25.3. The summed E-state index contributed by atoms with van der Waals surface area (Å²) in [4.78, 5) is 38.0. The number of esters is 2. The highest BCUT2D eigenvalue weighted by Gasteiger charge is 2.77. The molecule has 0 radical (unpaired) electrons. The van der Waals surface area contributed by atoms with E-state index in [1.54, 1.807) is 13.0 Å². The zero-order valence-corrected chi connectivity index (χ0v) is 22.8. The SMILES string of the molecule is CC(=O)O[C@H]1C(C)=C(C)C(=O)O[C@H]1[C@@H](C)[C@H]1CC[C@H]2[C@@H]3[C@@H]4O[C@@H]4[C@@]4(O)CC=CC(=O)[C@]4(C)[C@H]3CC[C@]12C. The number of allylic oxidation sites excluding steroid dienone is 1. The van der Waals surface area contributed by atoms with E-state index in [-0.39, 0.29) is 59.0 Å². The van der Waals surface area contributed by atoms with E-state index >= 15 is 0 Å². The second-order valence-corrected chi connectivity index (χ2v) is 13.2. The molecular weight excluding hydrogens is 472 g/mol. The summed E-state index contributed by atoms with van der Waals surface area (Å²) in [6, 6.07) is 0. The molecule has 202 valence electrons. The van der Waals surface area contributed by atoms with Gasteiger partial charge in [0, 0.05) is 18.4 Å². The Labute approximate surface area is 219 Å². The molecule has 0 amide bonds. The van der Waals surface area contributed by atoms with Crippen molar-refractivity contribution in [1.29, 1.82) is 0 Å². The lowest BCUT2D eigenvalue weighted by molar-refractivity contribution is -0.185. The van der Waals surface area contributed by atoms with Gasteiger partial charge in [-0.15, -0.1) is 0 Å². The van der Waals surface area contributed by atoms with Gasteiger partial charge in [-0.2, -0.15) is 0 Å². The van der Waals surface area contributed by atoms with Gasteiger partial charge in [0.15, 0.2) is 11.9 Å². The molecule has 0 bridgehead atoms. The molecule has 6 rings (SSSR count). The molecule has 37 heavy (non-hydrogen) atoms. The molecule has 7 nitrogen and oxygen atoms in total. The maximum atomic E-state index is 13.3. The molecule has 0 aromatic rings. The van der Waals surface area contributed by atoms with Crippen molar-refractivity contribution in [1.82, 2.24) is 0 Å². The van der Waals surface area contributed by atoms with Crippen molar-refractivity contribution < 1.29 is 33.7 Å². The number of ketones is 1. The van der Waals surface area contributed by atoms with E-state index in [2.05, 4.69) is 13.8 Å². The predicted octanol–water partition coefficient (Wildman–Crippen LogP) is 3.92. The minimum absolute atomic E-state index is 0.00446. The highest BCUT2D eigenvalue weighted by molar-refractivity contribution is 5.97. The average molecular weight is 513 g/mol. The van der Waals surface area contributed by atoms with Crippen molar-refractivity contribution >= 4 is 17.7 Å². The maximum absolute atomic E-state index is 13.3. The lowest BCUT2D eigenvalue weighted by Crippen LogP contribution is -2.67. The van der Waals surface area contributed by atoms with E-state index in [9.17, 15) is 19.5 Å². The molecule has 12 atom stereocenters. The molecule has 3 saturated carbocycles. The molecule has 2 heterocycles. The molecule has 0 spiro atoms. The molecule has 7 heteroatoms. The third-order valence-corrected chi connectivity index (χ3v) is 11.9. The van der Waals surface area contributed by atoms with Gasteiger partial charge in [0.25, 0.3) is 0 Å². The van der Waals surface area contributed by atoms with E-state index in [4.69, 9.17) is 14.2 Å². The quantitative estimate of drug-likeness (QED) is 0.452. The summed E-state index contributed by atoms with van der Waals surface area (Å²) < 4.78 is 17.9. The van der Waals surface area contributed by atoms with Crippen LogP contribution in [0.5, 0.6) is 0 Å². The van der Waals surface area contributed by atoms with E-state index in [0.717, 1.165) is 31.3 Å². The minimum atomic E-state index is -1.13. The standard InChI is InChI=1S/C30H40O7/c1-14-15(2)27(33)37-24(23(14)35-17(4)31)16(3)18-9-10-19-22-20(11-13-28(18,19)5)29(6)21(32)8-7-12-30(29,34)26-25(22)36-26/h7-8,16,18-20,22-26,34H,9-13H2,1-6H3/t16-,18+,19-,20-,22-,23-,24-,25-,26-,28+,29-,30-/m0/s1. The fourth-order valence-electron chi connectivity index (χ4n) is 9.73. The molecule has 1 saturated heterocycles. The normalized spacial score (nSPS) is 50.9. The Hall–Kier alpha value is -1.99. The largest absolute Gasteiger partial charge is 0.454 e. The number of carbonyl (C=O) groups excluding carboxylic acids is 3. The number of carbonyl (C=O) groups is 3. The third kappa shape index (κ3) is 3.16. The lowest BCUT2D eigenvalue weighted by Gasteiger charge is -2.60. The second-order valence-electron chi connectivity index (χ2n) is 13.2. The van der Waals surface area contributed by atoms with Gasteiger partial charge in [0.05, 0.1) is 11.5 Å². The van der Waals surface area contributed by atoms with Gasteiger partial charge in [-0.25, -0.2) is 4.79 Å². The van der Waals surface area contributed by atoms with E-state index in [1.807, 2.05) is 19.9 Å². The highest BCUT2D eigenvalue weighted by Crippen LogP contribution is 2.71. The Morgan fingerprint density at radius 2 is 1.89 bits per heavy atom. The van der Waals surface area contributed by atoms with Crippen LogP contribution in [0.2, 0.25) is 0 Å². The maximum Gasteiger partial charge on any atom is 0.334 e. The molecule has 6 aliphatic rings. The first-order valence-corrected chi connectivity index (χ1v) is 14.0. The Morgan fingerprint density at radius 1 is 1.16 bits per heavy atom. The van der Waals surface area contributed by atoms with E-state index in [1.165, 1.54) is 6.92 Å². The van der Waals surface area contributed by atoms with Crippen molar-refractivity contribution in [3.05, 3.63) is 23.3 Å². The average Bonchev–Trinajstić information content (AvgIpc) is 3.57. The molecule has 4 aliphatic carbocycles. The van der Waals surface area contributed by atoms with Gasteiger partial charge in [0.1, 0.15) is 17.8 Å². The monoisotopic (exact) mass is 512 g/mol. The number of epoxide rings is 1. The zero-order chi connectivity index (χ0) is 26.7. The Balaban J connectivity index is 1.31. The van der Waals surface area contributed by atoms with Crippen LogP contribution in [-0.2, 0) is 28.6 Å². The van der Waals surface area contributed by atoms with Crippen LogP contribution in [-0.4, -0.2) is 52.8 Å². The molecule has 0 unspecified atom stereocenters. The van der Waals surface area contributed by atoms with Crippen LogP contribution in [0.3, 0.4) is 0 Å². The summed E-state index contributed by atoms with van der Waals surface area (Å²) >= 11 is 0. The van der Waals surface area contributed by atoms with Gasteiger partial charge >= 0.3 is 11.9 Å². The summed E-state index contributed by atoms with van der Waals surface area (Å²) in [5.74, 6) is 0.255. The number of cyclic esters (lactones) is 1. The van der Waals surface area contributed by atoms with Crippen LogP contribution in [0.4, 0.5) is 0 Å². The molecular formula is C30H40O7. The molecule has 2 aliphatic heterocycles. The van der Waals surface area contributed by atoms with Gasteiger partial charge in [-0.05, 0) is 93.6 Å². The van der Waals surface area contributed by atoms with Crippen LogP contribution in [0.15, 0.2) is 23.3 Å². The van der Waals surface area contributed by atoms with Gasteiger partial charge < -0.3 is 19.3 Å². The fraction of sp³-hybridized carbons (Fsp3) is 0.767. The number of hydrogen-bond donors (Lipinski definition) is 1. The highest BCUT2D eigenvalue weighted by atomic mass is 16.6. The van der Waals surface area contributed by atoms with Crippen molar-refractivity contribution in [3.8, 4) is 0 Å². The summed E-state index contributed by atoms with van der Waals surface area (Å²) in [5, 5.41) is 11.8. The number of hydrogen-bond acceptors (Lipinski definition) is 7. The summed E-state index contributed by atoms with van der Waals surface area (Å²) in [7, 11) is 0. The summed E-state index contributed by atoms with van der Waals surface area (Å²) in [5.41, 5.74) is -0.693. The Morgan fingerprint density at radius 3 is 2.59 bits per heavy atom. The Bertz CT molecular complexity index is 1120. The van der Waals surface area contributed by atoms with Crippen LogP contribution in [0.1, 0.15) is 73.6 Å². The number of aliphatic hydroxyl groups is 1. The van der Waals surface area contributed by atoms with Crippen LogP contribution >= 0.6 is 0 Å². The number of rotatable bonds is 3. The van der Waals surface area contributed by atoms with Gasteiger partial charge in [-0.1, -0.05) is 19.9 Å². The van der Waals surface area contributed by atoms with E-state index in [0.29, 0.717) is 17.9 Å². The van der Waals surface area contributed by atoms with E-state index < -0.39 is 23.2 Å². The zero-order valence-electron chi connectivity index (χ0n) is 22.8. The molecule has 1 N–H and O–H groups in total. The van der Waals surface area contributed by atoms with Crippen molar-refractivity contribution in [3.63, 3.8) is 0 Å². The molecule has 0 aromatic heterocycles. The predicted molar refractivity (Wildman–Crippen MR) is 134 cm³/mol. The number of ether oxygens (including phenoxy) is 3. The van der Waals surface area contributed by atoms with Gasteiger partial charge in [-0.3, -0.25) is 9.59 Å². The van der Waals surface area contributed by atoms with Crippen molar-refractivity contribution in [2.24, 2.45) is 40.4 Å². The third-order valence-electron chi connectivity index (χ3n) is 11.9. The van der Waals surface area contributed by atoms with Crippen molar-refractivity contribution in [2.45, 2.75) is 104 Å². The first-order valence-electron chi connectivity index (χ1n) is 14.0. The summed E-state index contributed by atoms with van der Waals surface area (Å²) in [6.07, 6.45) is 6.38. The number of fused-ring (bicyclic) bond motifs is 8. The van der Waals surface area contributed by atoms with Crippen LogP contribution in [0.25, 0.3) is 0 Å². The smallest absolute Gasteiger partial charge is 0.334 e. The van der Waals surface area contributed by atoms with Crippen LogP contribution in [0, 0.1) is 40.4 Å². The topological polar surface area (TPSA) is 102 Å². The second kappa shape index (κ2) is 8.01. The Kier molecular flexibility index (Phi) is 5.48. The molecule has 4 fully saturated rings. The molecule has 0 aromatic carbocycles. The summed E-state index contributed by atoms with van der Waals surface area (Å²) in [6.45, 7) is 11.5. The fourth-order valence-corrected chi connectivity index (χ4v) is 9.73. The van der Waals surface area contributed by atoms with Crippen molar-refractivity contribution in [2.75, 3.05) is 0 Å². The first-order chi connectivity index (χ1) is 17.4. The minimum Gasteiger partial charge on any atom is -0.454 e. The van der Waals surface area contributed by atoms with Gasteiger partial charge in [0.2, 0.25) is 0 Å².